The highest BCUT2D eigenvalue weighted by Gasteiger charge is 2.22. The van der Waals surface area contributed by atoms with Gasteiger partial charge in [-0.3, -0.25) is 0 Å². The topological polar surface area (TPSA) is 75.3 Å². The quantitative estimate of drug-likeness (QED) is 0.392. The van der Waals surface area contributed by atoms with Gasteiger partial charge in [0.2, 0.25) is 5.89 Å². The van der Waals surface area contributed by atoms with Gasteiger partial charge in [-0.2, -0.15) is 16.7 Å². The predicted octanol–water partition coefficient (Wildman–Crippen LogP) is 3.12. The number of aryl methyl sites for hydroxylation is 1. The maximum Gasteiger partial charge on any atom is 0.223 e. The van der Waals surface area contributed by atoms with E-state index < -0.39 is 0 Å². The molecule has 6 nitrogen and oxygen atoms in total. The highest BCUT2D eigenvalue weighted by molar-refractivity contribution is 14.0. The molecule has 1 aromatic rings. The molecule has 0 saturated heterocycles. The largest absolute Gasteiger partial charge is 0.357 e. The van der Waals surface area contributed by atoms with Gasteiger partial charge in [0, 0.05) is 24.8 Å². The van der Waals surface area contributed by atoms with Crippen molar-refractivity contribution in [3.8, 4) is 0 Å². The maximum atomic E-state index is 4.97. The molecule has 8 heteroatoms. The van der Waals surface area contributed by atoms with Crippen LogP contribution in [0.4, 0.5) is 0 Å². The molecule has 1 saturated carbocycles. The monoisotopic (exact) mass is 453 g/mol. The Morgan fingerprint density at radius 2 is 2.22 bits per heavy atom. The number of guanidine groups is 1. The Bertz CT molecular complexity index is 480. The Hall–Kier alpha value is -0.510. The van der Waals surface area contributed by atoms with E-state index in [1.54, 1.807) is 6.92 Å². The summed E-state index contributed by atoms with van der Waals surface area (Å²) >= 11 is 2.08. The van der Waals surface area contributed by atoms with Gasteiger partial charge in [-0.25, -0.2) is 4.99 Å². The first-order chi connectivity index (χ1) is 10.7. The third-order valence-electron chi connectivity index (χ3n) is 3.66. The molecule has 132 valence electrons. The first-order valence-corrected chi connectivity index (χ1v) is 9.21. The average Bonchev–Trinajstić information content (AvgIpc) is 2.91. The van der Waals surface area contributed by atoms with E-state index in [4.69, 9.17) is 4.52 Å². The lowest BCUT2D eigenvalue weighted by molar-refractivity contribution is 0.387. The average molecular weight is 453 g/mol. The molecule has 0 spiro atoms. The van der Waals surface area contributed by atoms with Crippen molar-refractivity contribution in [3.05, 3.63) is 11.7 Å². The fourth-order valence-electron chi connectivity index (χ4n) is 2.73. The Morgan fingerprint density at radius 1 is 1.39 bits per heavy atom. The molecule has 1 fully saturated rings. The molecule has 0 radical (unpaired) electrons. The van der Waals surface area contributed by atoms with E-state index in [9.17, 15) is 0 Å². The number of aromatic nitrogens is 2. The number of thioether (sulfide) groups is 1. The van der Waals surface area contributed by atoms with Gasteiger partial charge in [-0.1, -0.05) is 18.5 Å². The molecule has 2 unspecified atom stereocenters. The van der Waals surface area contributed by atoms with E-state index >= 15 is 0 Å². The van der Waals surface area contributed by atoms with Crippen molar-refractivity contribution in [2.24, 2.45) is 4.99 Å². The van der Waals surface area contributed by atoms with E-state index in [1.165, 1.54) is 31.4 Å². The van der Waals surface area contributed by atoms with Crippen LogP contribution in [0.25, 0.3) is 0 Å². The molecule has 0 bridgehead atoms. The number of halogens is 1. The van der Waals surface area contributed by atoms with Crippen molar-refractivity contribution >= 4 is 41.7 Å². The van der Waals surface area contributed by atoms with E-state index in [1.807, 2.05) is 0 Å². The van der Waals surface area contributed by atoms with Crippen molar-refractivity contribution in [1.82, 2.24) is 20.8 Å². The second kappa shape index (κ2) is 11.1. The van der Waals surface area contributed by atoms with E-state index in [2.05, 4.69) is 51.4 Å². The normalized spacial score (nSPS) is 21.6. The maximum absolute atomic E-state index is 4.97. The highest BCUT2D eigenvalue weighted by atomic mass is 127. The van der Waals surface area contributed by atoms with Crippen molar-refractivity contribution in [2.75, 3.05) is 12.3 Å². The number of nitrogens with zero attached hydrogens (tertiary/aromatic N) is 3. The molecule has 2 N–H and O–H groups in total. The van der Waals surface area contributed by atoms with Crippen LogP contribution < -0.4 is 10.6 Å². The highest BCUT2D eigenvalue weighted by Crippen LogP contribution is 2.28. The van der Waals surface area contributed by atoms with Gasteiger partial charge in [0.15, 0.2) is 11.8 Å². The lowest BCUT2D eigenvalue weighted by Gasteiger charge is -2.30. The summed E-state index contributed by atoms with van der Waals surface area (Å²) in [6, 6.07) is 0.502. The number of aliphatic imine (C=N–C) groups is 1. The van der Waals surface area contributed by atoms with Gasteiger partial charge in [-0.05, 0) is 31.9 Å². The molecule has 0 aromatic carbocycles. The van der Waals surface area contributed by atoms with E-state index in [-0.39, 0.29) is 24.0 Å². The molecule has 1 aliphatic rings. The Morgan fingerprint density at radius 3 is 2.87 bits per heavy atom. The van der Waals surface area contributed by atoms with Crippen LogP contribution in [-0.2, 0) is 6.54 Å². The third kappa shape index (κ3) is 7.28. The SMILES string of the molecule is CCNC(=NCc1noc(C)n1)NC1CCCC(SCC)C1.I. The van der Waals surface area contributed by atoms with E-state index in [0.29, 0.717) is 24.3 Å². The fraction of sp³-hybridized carbons (Fsp3) is 0.800. The minimum atomic E-state index is 0. The lowest BCUT2D eigenvalue weighted by atomic mass is 9.95. The third-order valence-corrected chi connectivity index (χ3v) is 4.89. The molecule has 1 heterocycles. The summed E-state index contributed by atoms with van der Waals surface area (Å²) in [4.78, 5) is 8.75. The molecule has 0 aliphatic heterocycles. The summed E-state index contributed by atoms with van der Waals surface area (Å²) < 4.78 is 4.97. The molecule has 23 heavy (non-hydrogen) atoms. The van der Waals surface area contributed by atoms with Crippen LogP contribution in [0, 0.1) is 6.92 Å². The van der Waals surface area contributed by atoms with Crippen molar-refractivity contribution < 1.29 is 4.52 Å². The van der Waals surface area contributed by atoms with Crippen LogP contribution in [0.1, 0.15) is 51.2 Å². The fourth-order valence-corrected chi connectivity index (χ4v) is 3.90. The minimum absolute atomic E-state index is 0. The zero-order valence-corrected chi connectivity index (χ0v) is 17.3. The number of rotatable bonds is 6. The smallest absolute Gasteiger partial charge is 0.223 e. The number of nitrogens with one attached hydrogen (secondary N) is 2. The summed E-state index contributed by atoms with van der Waals surface area (Å²) in [7, 11) is 0. The van der Waals surface area contributed by atoms with Crippen molar-refractivity contribution in [1.29, 1.82) is 0 Å². The van der Waals surface area contributed by atoms with Gasteiger partial charge in [-0.15, -0.1) is 24.0 Å². The Balaban J connectivity index is 0.00000264. The summed E-state index contributed by atoms with van der Waals surface area (Å²) in [5.41, 5.74) is 0. The molecule has 1 aliphatic carbocycles. The van der Waals surface area contributed by atoms with Crippen LogP contribution in [0.2, 0.25) is 0 Å². The van der Waals surface area contributed by atoms with Crippen molar-refractivity contribution in [3.63, 3.8) is 0 Å². The van der Waals surface area contributed by atoms with Gasteiger partial charge >= 0.3 is 0 Å². The molecule has 2 rings (SSSR count). The standard InChI is InChI=1S/C15H27N5OS.HI/c1-4-16-15(17-10-14-18-11(3)21-20-14)19-12-7-6-8-13(9-12)22-5-2;/h12-13H,4-10H2,1-3H3,(H2,16,17,19);1H. The van der Waals surface area contributed by atoms with Gasteiger partial charge in [0.05, 0.1) is 0 Å². The van der Waals surface area contributed by atoms with Crippen LogP contribution in [-0.4, -0.2) is 39.7 Å². The Kier molecular flexibility index (Phi) is 9.92. The van der Waals surface area contributed by atoms with Gasteiger partial charge in [0.1, 0.15) is 6.54 Å². The molecular formula is C15H28IN5OS. The second-order valence-electron chi connectivity index (χ2n) is 5.51. The number of hydrogen-bond donors (Lipinski definition) is 2. The van der Waals surface area contributed by atoms with Crippen LogP contribution in [0.15, 0.2) is 9.52 Å². The van der Waals surface area contributed by atoms with Gasteiger partial charge < -0.3 is 15.2 Å². The zero-order chi connectivity index (χ0) is 15.8. The van der Waals surface area contributed by atoms with Crippen LogP contribution in [0.5, 0.6) is 0 Å². The zero-order valence-electron chi connectivity index (χ0n) is 14.2. The molecular weight excluding hydrogens is 425 g/mol. The Labute approximate surface area is 160 Å². The van der Waals surface area contributed by atoms with Crippen LogP contribution >= 0.6 is 35.7 Å². The first kappa shape index (κ1) is 20.5. The van der Waals surface area contributed by atoms with Gasteiger partial charge in [0.25, 0.3) is 0 Å². The second-order valence-corrected chi connectivity index (χ2v) is 7.09. The van der Waals surface area contributed by atoms with Crippen LogP contribution in [0.3, 0.4) is 0 Å². The number of hydrogen-bond acceptors (Lipinski definition) is 5. The minimum Gasteiger partial charge on any atom is -0.357 e. The predicted molar refractivity (Wildman–Crippen MR) is 107 cm³/mol. The first-order valence-electron chi connectivity index (χ1n) is 8.16. The lowest BCUT2D eigenvalue weighted by Crippen LogP contribution is -2.45. The summed E-state index contributed by atoms with van der Waals surface area (Å²) in [5, 5.41) is 11.5. The summed E-state index contributed by atoms with van der Waals surface area (Å²) in [6.07, 6.45) is 5.06. The van der Waals surface area contributed by atoms with Crippen molar-refractivity contribution in [2.45, 2.75) is 64.3 Å². The summed E-state index contributed by atoms with van der Waals surface area (Å²) in [5.74, 6) is 3.24. The molecule has 1 aromatic heterocycles. The molecule has 2 atom stereocenters. The molecule has 0 amide bonds. The summed E-state index contributed by atoms with van der Waals surface area (Å²) in [6.45, 7) is 7.38. The van der Waals surface area contributed by atoms with E-state index in [0.717, 1.165) is 17.8 Å².